The highest BCUT2D eigenvalue weighted by atomic mass is 16.4. The topological polar surface area (TPSA) is 112 Å². The molecule has 0 amide bonds. The first-order chi connectivity index (χ1) is 5.91. The van der Waals surface area contributed by atoms with Crippen LogP contribution in [0.25, 0.3) is 0 Å². The molecule has 6 nitrogen and oxygen atoms in total. The Balaban J connectivity index is 4.80. The van der Waals surface area contributed by atoms with Crippen molar-refractivity contribution in [3.63, 3.8) is 0 Å². The zero-order valence-corrected chi connectivity index (χ0v) is 6.93. The number of hydrogen-bond donors (Lipinski definition) is 3. The minimum absolute atomic E-state index is 0.0292. The molecule has 0 bridgehead atoms. The van der Waals surface area contributed by atoms with E-state index in [1.54, 1.807) is 0 Å². The summed E-state index contributed by atoms with van der Waals surface area (Å²) in [4.78, 5) is 31.3. The predicted octanol–water partition coefficient (Wildman–Crippen LogP) is -0.117. The molecule has 0 aliphatic rings. The van der Waals surface area contributed by atoms with Crippen molar-refractivity contribution in [2.75, 3.05) is 0 Å². The van der Waals surface area contributed by atoms with E-state index in [0.717, 1.165) is 0 Å². The molecule has 0 aliphatic heterocycles. The van der Waals surface area contributed by atoms with Crippen LogP contribution in [-0.4, -0.2) is 33.2 Å². The van der Waals surface area contributed by atoms with Crippen LogP contribution in [0.5, 0.6) is 0 Å². The van der Waals surface area contributed by atoms with E-state index in [-0.39, 0.29) is 6.42 Å². The lowest BCUT2D eigenvalue weighted by Gasteiger charge is -2.13. The second-order valence-electron chi connectivity index (χ2n) is 2.51. The lowest BCUT2D eigenvalue weighted by atomic mass is 9.90. The van der Waals surface area contributed by atoms with E-state index in [0.29, 0.717) is 0 Å². The van der Waals surface area contributed by atoms with E-state index in [1.807, 2.05) is 0 Å². The number of carboxylic acid groups (broad SMARTS) is 3. The van der Waals surface area contributed by atoms with Gasteiger partial charge in [0.05, 0.1) is 5.92 Å². The van der Waals surface area contributed by atoms with Crippen LogP contribution in [0.2, 0.25) is 0 Å². The Hall–Kier alpha value is -1.59. The van der Waals surface area contributed by atoms with Gasteiger partial charge in [0.1, 0.15) is 0 Å². The zero-order valence-electron chi connectivity index (χ0n) is 6.93. The number of rotatable bonds is 5. The Morgan fingerprint density at radius 3 is 1.46 bits per heavy atom. The molecule has 0 radical (unpaired) electrons. The SMILES string of the molecule is CC[C@H](C(=O)O)C(C(=O)O)C(=O)O. The Morgan fingerprint density at radius 1 is 1.00 bits per heavy atom. The largest absolute Gasteiger partial charge is 0.481 e. The fourth-order valence-corrected chi connectivity index (χ4v) is 1.00. The van der Waals surface area contributed by atoms with Crippen LogP contribution in [0.15, 0.2) is 0 Å². The van der Waals surface area contributed by atoms with Gasteiger partial charge in [-0.05, 0) is 6.42 Å². The summed E-state index contributed by atoms with van der Waals surface area (Å²) in [5.74, 6) is -7.90. The number of hydrogen-bond acceptors (Lipinski definition) is 3. The van der Waals surface area contributed by atoms with Gasteiger partial charge >= 0.3 is 17.9 Å². The summed E-state index contributed by atoms with van der Waals surface area (Å²) >= 11 is 0. The van der Waals surface area contributed by atoms with Gasteiger partial charge in [-0.1, -0.05) is 6.92 Å². The molecule has 0 aromatic rings. The van der Waals surface area contributed by atoms with Crippen LogP contribution in [0, 0.1) is 11.8 Å². The molecule has 74 valence electrons. The van der Waals surface area contributed by atoms with Crippen molar-refractivity contribution < 1.29 is 29.7 Å². The summed E-state index contributed by atoms with van der Waals surface area (Å²) in [7, 11) is 0. The Bertz CT molecular complexity index is 219. The lowest BCUT2D eigenvalue weighted by Crippen LogP contribution is -2.35. The summed E-state index contributed by atoms with van der Waals surface area (Å²) in [6.45, 7) is 1.43. The van der Waals surface area contributed by atoms with E-state index in [1.165, 1.54) is 6.92 Å². The van der Waals surface area contributed by atoms with E-state index >= 15 is 0 Å². The highest BCUT2D eigenvalue weighted by Crippen LogP contribution is 2.16. The maximum Gasteiger partial charge on any atom is 0.318 e. The number of carbonyl (C=O) groups is 3. The van der Waals surface area contributed by atoms with Crippen LogP contribution in [-0.2, 0) is 14.4 Å². The highest BCUT2D eigenvalue weighted by molar-refractivity contribution is 5.97. The van der Waals surface area contributed by atoms with Gasteiger partial charge in [0, 0.05) is 0 Å². The third-order valence-corrected chi connectivity index (χ3v) is 1.69. The molecular formula is C7H10O6. The first-order valence-corrected chi connectivity index (χ1v) is 3.60. The van der Waals surface area contributed by atoms with Crippen molar-refractivity contribution in [1.29, 1.82) is 0 Å². The van der Waals surface area contributed by atoms with Crippen LogP contribution in [0.3, 0.4) is 0 Å². The predicted molar refractivity (Wildman–Crippen MR) is 40.2 cm³/mol. The molecule has 3 N–H and O–H groups in total. The molecule has 0 aromatic heterocycles. The van der Waals surface area contributed by atoms with Gasteiger partial charge in [-0.2, -0.15) is 0 Å². The molecule has 0 spiro atoms. The van der Waals surface area contributed by atoms with Gasteiger partial charge in [-0.25, -0.2) is 0 Å². The maximum absolute atomic E-state index is 10.5. The molecule has 0 heterocycles. The van der Waals surface area contributed by atoms with Crippen molar-refractivity contribution in [3.05, 3.63) is 0 Å². The quantitative estimate of drug-likeness (QED) is 0.521. The second-order valence-corrected chi connectivity index (χ2v) is 2.51. The number of aliphatic carboxylic acids is 3. The fourth-order valence-electron chi connectivity index (χ4n) is 1.00. The molecule has 0 aromatic carbocycles. The fraction of sp³-hybridized carbons (Fsp3) is 0.571. The van der Waals surface area contributed by atoms with Gasteiger partial charge in [-0.15, -0.1) is 0 Å². The summed E-state index contributed by atoms with van der Waals surface area (Å²) in [5, 5.41) is 25.4. The van der Waals surface area contributed by atoms with Crippen LogP contribution >= 0.6 is 0 Å². The van der Waals surface area contributed by atoms with Crippen LogP contribution in [0.4, 0.5) is 0 Å². The molecule has 0 rings (SSSR count). The maximum atomic E-state index is 10.5. The average molecular weight is 190 g/mol. The Morgan fingerprint density at radius 2 is 1.38 bits per heavy atom. The first kappa shape index (κ1) is 11.4. The van der Waals surface area contributed by atoms with E-state index in [2.05, 4.69) is 0 Å². The van der Waals surface area contributed by atoms with Gasteiger partial charge in [0.15, 0.2) is 5.92 Å². The normalized spacial score (nSPS) is 12.5. The Labute approximate surface area is 73.8 Å². The molecule has 1 atom stereocenters. The van der Waals surface area contributed by atoms with Gasteiger partial charge in [0.2, 0.25) is 0 Å². The van der Waals surface area contributed by atoms with E-state index in [9.17, 15) is 14.4 Å². The smallest absolute Gasteiger partial charge is 0.318 e. The van der Waals surface area contributed by atoms with Crippen LogP contribution < -0.4 is 0 Å². The first-order valence-electron chi connectivity index (χ1n) is 3.60. The summed E-state index contributed by atoms with van der Waals surface area (Å²) in [6, 6.07) is 0. The Kier molecular flexibility index (Phi) is 3.90. The van der Waals surface area contributed by atoms with Gasteiger partial charge < -0.3 is 15.3 Å². The summed E-state index contributed by atoms with van der Waals surface area (Å²) in [5.41, 5.74) is 0. The zero-order chi connectivity index (χ0) is 10.6. The molecule has 13 heavy (non-hydrogen) atoms. The van der Waals surface area contributed by atoms with E-state index in [4.69, 9.17) is 15.3 Å². The van der Waals surface area contributed by atoms with Gasteiger partial charge in [0.25, 0.3) is 0 Å². The second kappa shape index (κ2) is 4.44. The van der Waals surface area contributed by atoms with Crippen molar-refractivity contribution in [2.45, 2.75) is 13.3 Å². The monoisotopic (exact) mass is 190 g/mol. The standard InChI is InChI=1S/C7H10O6/c1-2-3(5(8)9)4(6(10)11)7(12)13/h3-4H,2H2,1H3,(H,8,9)(H,10,11)(H,12,13)/t3-/m0/s1. The molecular weight excluding hydrogens is 180 g/mol. The average Bonchev–Trinajstić information content (AvgIpc) is 1.97. The van der Waals surface area contributed by atoms with Crippen molar-refractivity contribution in [1.82, 2.24) is 0 Å². The summed E-state index contributed by atoms with van der Waals surface area (Å²) < 4.78 is 0. The minimum Gasteiger partial charge on any atom is -0.481 e. The third kappa shape index (κ3) is 2.73. The molecule has 0 unspecified atom stereocenters. The summed E-state index contributed by atoms with van der Waals surface area (Å²) in [6.07, 6.45) is -0.0292. The van der Waals surface area contributed by atoms with Crippen molar-refractivity contribution >= 4 is 17.9 Å². The molecule has 0 fully saturated rings. The lowest BCUT2D eigenvalue weighted by molar-refractivity contribution is -0.164. The molecule has 0 aliphatic carbocycles. The van der Waals surface area contributed by atoms with Crippen LogP contribution in [0.1, 0.15) is 13.3 Å². The molecule has 6 heteroatoms. The molecule has 0 saturated heterocycles. The highest BCUT2D eigenvalue weighted by Gasteiger charge is 2.38. The molecule has 0 saturated carbocycles. The van der Waals surface area contributed by atoms with Crippen molar-refractivity contribution in [2.24, 2.45) is 11.8 Å². The number of carboxylic acids is 3. The van der Waals surface area contributed by atoms with Gasteiger partial charge in [-0.3, -0.25) is 14.4 Å². The van der Waals surface area contributed by atoms with Crippen molar-refractivity contribution in [3.8, 4) is 0 Å². The third-order valence-electron chi connectivity index (χ3n) is 1.69. The minimum atomic E-state index is -1.87. The van der Waals surface area contributed by atoms with E-state index < -0.39 is 29.7 Å².